The topological polar surface area (TPSA) is 41.6 Å². The van der Waals surface area contributed by atoms with Crippen LogP contribution in [0.25, 0.3) is 11.3 Å². The molecule has 0 aliphatic carbocycles. The van der Waals surface area contributed by atoms with Crippen LogP contribution in [0.2, 0.25) is 0 Å². The molecule has 1 saturated heterocycles. The first-order valence-corrected chi connectivity index (χ1v) is 10.7. The maximum absolute atomic E-state index is 14.4. The number of pyridine rings is 1. The maximum atomic E-state index is 14.4. The summed E-state index contributed by atoms with van der Waals surface area (Å²) >= 11 is 5.08. The Morgan fingerprint density at radius 2 is 2.11 bits per heavy atom. The Balaban J connectivity index is 1.54. The maximum Gasteiger partial charge on any atom is 0.161 e. The second-order valence-corrected chi connectivity index (χ2v) is 9.28. The number of furan rings is 1. The standard InChI is InChI=1S/C21H17BrFN3OS/c1-12-11-26-20(19(25-21(26)28-12)16-4-2-3-9-24-16)18-8-7-17(27-18)14-6-5-13(22)10-15(14)23/h2-10,12,19-20H,11H2,1H3. The molecule has 1 fully saturated rings. The number of aliphatic imine (C=N–C) groups is 1. The zero-order valence-electron chi connectivity index (χ0n) is 15.0. The van der Waals surface area contributed by atoms with Crippen LogP contribution in [-0.2, 0) is 0 Å². The van der Waals surface area contributed by atoms with Gasteiger partial charge >= 0.3 is 0 Å². The van der Waals surface area contributed by atoms with Crippen LogP contribution in [0.3, 0.4) is 0 Å². The van der Waals surface area contributed by atoms with Gasteiger partial charge in [-0.05, 0) is 42.5 Å². The second kappa shape index (κ2) is 7.04. The van der Waals surface area contributed by atoms with E-state index in [1.807, 2.05) is 36.4 Å². The SMILES string of the molecule is CC1CN2C(=NC(c3ccccn3)C2c2ccc(-c3ccc(Br)cc3F)o2)S1. The molecule has 7 heteroatoms. The molecule has 28 heavy (non-hydrogen) atoms. The molecule has 4 heterocycles. The van der Waals surface area contributed by atoms with E-state index in [2.05, 4.69) is 32.7 Å². The van der Waals surface area contributed by atoms with Gasteiger partial charge < -0.3 is 9.32 Å². The molecule has 4 nitrogen and oxygen atoms in total. The normalized spacial score (nSPS) is 23.8. The van der Waals surface area contributed by atoms with Crippen molar-refractivity contribution in [1.82, 2.24) is 9.88 Å². The van der Waals surface area contributed by atoms with Gasteiger partial charge in [-0.2, -0.15) is 0 Å². The lowest BCUT2D eigenvalue weighted by atomic mass is 10.0. The van der Waals surface area contributed by atoms with E-state index in [0.717, 1.165) is 23.2 Å². The number of aromatic nitrogens is 1. The van der Waals surface area contributed by atoms with E-state index in [1.165, 1.54) is 6.07 Å². The number of hydrogen-bond donors (Lipinski definition) is 0. The van der Waals surface area contributed by atoms with Gasteiger partial charge in [0, 0.05) is 22.5 Å². The Morgan fingerprint density at radius 1 is 1.21 bits per heavy atom. The van der Waals surface area contributed by atoms with Crippen LogP contribution < -0.4 is 0 Å². The highest BCUT2D eigenvalue weighted by molar-refractivity contribution is 9.10. The van der Waals surface area contributed by atoms with Crippen LogP contribution >= 0.6 is 27.7 Å². The van der Waals surface area contributed by atoms with Crippen LogP contribution in [0.1, 0.15) is 30.5 Å². The zero-order valence-corrected chi connectivity index (χ0v) is 17.5. The fraction of sp³-hybridized carbons (Fsp3) is 0.238. The van der Waals surface area contributed by atoms with Gasteiger partial charge in [-0.3, -0.25) is 4.98 Å². The summed E-state index contributed by atoms with van der Waals surface area (Å²) in [4.78, 5) is 11.8. The van der Waals surface area contributed by atoms with E-state index in [0.29, 0.717) is 21.0 Å². The van der Waals surface area contributed by atoms with Gasteiger partial charge in [-0.15, -0.1) is 0 Å². The minimum atomic E-state index is -0.315. The number of fused-ring (bicyclic) bond motifs is 1. The number of benzene rings is 1. The van der Waals surface area contributed by atoms with Crippen molar-refractivity contribution in [3.8, 4) is 11.3 Å². The highest BCUT2D eigenvalue weighted by Gasteiger charge is 2.45. The summed E-state index contributed by atoms with van der Waals surface area (Å²) in [7, 11) is 0. The van der Waals surface area contributed by atoms with Crippen molar-refractivity contribution in [2.45, 2.75) is 24.3 Å². The Labute approximate surface area is 175 Å². The number of amidine groups is 1. The summed E-state index contributed by atoms with van der Waals surface area (Å²) in [6.07, 6.45) is 1.79. The third kappa shape index (κ3) is 3.06. The summed E-state index contributed by atoms with van der Waals surface area (Å²) < 4.78 is 21.3. The van der Waals surface area contributed by atoms with Gasteiger partial charge in [0.1, 0.15) is 29.4 Å². The van der Waals surface area contributed by atoms with E-state index in [-0.39, 0.29) is 17.9 Å². The van der Waals surface area contributed by atoms with E-state index < -0.39 is 0 Å². The first-order valence-electron chi connectivity index (χ1n) is 9.07. The smallest absolute Gasteiger partial charge is 0.161 e. The molecule has 2 aliphatic heterocycles. The fourth-order valence-electron chi connectivity index (χ4n) is 3.77. The lowest BCUT2D eigenvalue weighted by molar-refractivity contribution is 0.277. The van der Waals surface area contributed by atoms with Crippen molar-refractivity contribution < 1.29 is 8.81 Å². The molecule has 3 aromatic rings. The van der Waals surface area contributed by atoms with Gasteiger partial charge in [0.25, 0.3) is 0 Å². The monoisotopic (exact) mass is 457 g/mol. The van der Waals surface area contributed by atoms with Crippen molar-refractivity contribution in [3.63, 3.8) is 0 Å². The first-order chi connectivity index (χ1) is 13.6. The molecule has 0 spiro atoms. The van der Waals surface area contributed by atoms with Crippen LogP contribution in [0.5, 0.6) is 0 Å². The number of nitrogens with zero attached hydrogens (tertiary/aromatic N) is 3. The molecule has 0 N–H and O–H groups in total. The Bertz CT molecular complexity index is 1050. The second-order valence-electron chi connectivity index (χ2n) is 6.96. The number of halogens is 2. The minimum Gasteiger partial charge on any atom is -0.459 e. The van der Waals surface area contributed by atoms with Crippen LogP contribution in [-0.4, -0.2) is 26.8 Å². The minimum absolute atomic E-state index is 0.0744. The van der Waals surface area contributed by atoms with Gasteiger partial charge in [-0.1, -0.05) is 40.7 Å². The molecule has 3 unspecified atom stereocenters. The molecule has 2 aliphatic rings. The summed E-state index contributed by atoms with van der Waals surface area (Å²) in [5.41, 5.74) is 1.36. The van der Waals surface area contributed by atoms with Crippen LogP contribution in [0.4, 0.5) is 4.39 Å². The lowest BCUT2D eigenvalue weighted by Crippen LogP contribution is -2.28. The van der Waals surface area contributed by atoms with Crippen molar-refractivity contribution in [2.24, 2.45) is 4.99 Å². The van der Waals surface area contributed by atoms with E-state index in [4.69, 9.17) is 9.41 Å². The molecule has 3 atom stereocenters. The highest BCUT2D eigenvalue weighted by Crippen LogP contribution is 2.48. The van der Waals surface area contributed by atoms with Crippen molar-refractivity contribution in [2.75, 3.05) is 6.54 Å². The molecule has 2 aromatic heterocycles. The molecule has 5 rings (SSSR count). The molecule has 142 valence electrons. The van der Waals surface area contributed by atoms with Crippen molar-refractivity contribution >= 4 is 32.9 Å². The van der Waals surface area contributed by atoms with Crippen molar-refractivity contribution in [1.29, 1.82) is 0 Å². The van der Waals surface area contributed by atoms with E-state index >= 15 is 0 Å². The van der Waals surface area contributed by atoms with E-state index in [9.17, 15) is 4.39 Å². The van der Waals surface area contributed by atoms with Gasteiger partial charge in [0.2, 0.25) is 0 Å². The summed E-state index contributed by atoms with van der Waals surface area (Å²) in [6, 6.07) is 14.4. The predicted molar refractivity (Wildman–Crippen MR) is 113 cm³/mol. The molecule has 0 bridgehead atoms. The van der Waals surface area contributed by atoms with Gasteiger partial charge in [-0.25, -0.2) is 9.38 Å². The highest BCUT2D eigenvalue weighted by atomic mass is 79.9. The molecule has 0 saturated carbocycles. The van der Waals surface area contributed by atoms with Crippen LogP contribution in [0.15, 0.2) is 68.6 Å². The average molecular weight is 458 g/mol. The summed E-state index contributed by atoms with van der Waals surface area (Å²) in [5.74, 6) is 0.986. The zero-order chi connectivity index (χ0) is 19.3. The molecule has 0 amide bonds. The number of thioether (sulfide) groups is 1. The average Bonchev–Trinajstić information content (AvgIpc) is 3.36. The third-order valence-electron chi connectivity index (χ3n) is 5.00. The van der Waals surface area contributed by atoms with Crippen molar-refractivity contribution in [3.05, 3.63) is 76.5 Å². The summed E-state index contributed by atoms with van der Waals surface area (Å²) in [5, 5.41) is 1.50. The number of rotatable bonds is 3. The Morgan fingerprint density at radius 3 is 2.89 bits per heavy atom. The van der Waals surface area contributed by atoms with Gasteiger partial charge in [0.05, 0.1) is 11.3 Å². The lowest BCUT2D eigenvalue weighted by Gasteiger charge is -2.25. The molecular formula is C21H17BrFN3OS. The predicted octanol–water partition coefficient (Wildman–Crippen LogP) is 5.83. The van der Waals surface area contributed by atoms with Crippen LogP contribution in [0, 0.1) is 5.82 Å². The molecular weight excluding hydrogens is 441 g/mol. The molecule has 0 radical (unpaired) electrons. The number of hydrogen-bond acceptors (Lipinski definition) is 5. The fourth-order valence-corrected chi connectivity index (χ4v) is 5.20. The summed E-state index contributed by atoms with van der Waals surface area (Å²) in [6.45, 7) is 3.10. The van der Waals surface area contributed by atoms with E-state index in [1.54, 1.807) is 24.0 Å². The first kappa shape index (κ1) is 17.9. The Hall–Kier alpha value is -2.12. The third-order valence-corrected chi connectivity index (χ3v) is 6.59. The quantitative estimate of drug-likeness (QED) is 0.495. The Kier molecular flexibility index (Phi) is 4.51. The molecule has 1 aromatic carbocycles. The largest absolute Gasteiger partial charge is 0.459 e. The van der Waals surface area contributed by atoms with Gasteiger partial charge in [0.15, 0.2) is 5.17 Å².